The molecule has 2 heterocycles. The summed E-state index contributed by atoms with van der Waals surface area (Å²) >= 11 is 1.61. The monoisotopic (exact) mass is 362 g/mol. The van der Waals surface area contributed by atoms with Crippen LogP contribution in [0.5, 0.6) is 0 Å². The molecule has 2 aromatic heterocycles. The second-order valence-corrected chi connectivity index (χ2v) is 6.94. The minimum atomic E-state index is -0.412. The van der Waals surface area contributed by atoms with Crippen LogP contribution < -0.4 is 5.32 Å². The number of thiophene rings is 1. The Bertz CT molecular complexity index is 1110. The lowest BCUT2D eigenvalue weighted by Crippen LogP contribution is -1.97. The summed E-state index contributed by atoms with van der Waals surface area (Å²) in [6, 6.07) is 16.5. The molecule has 0 spiro atoms. The summed E-state index contributed by atoms with van der Waals surface area (Å²) in [5.74, 6) is 0.638. The van der Waals surface area contributed by atoms with Gasteiger partial charge in [0.1, 0.15) is 17.0 Å². The van der Waals surface area contributed by atoms with E-state index in [2.05, 4.69) is 34.3 Å². The summed E-state index contributed by atoms with van der Waals surface area (Å²) in [5, 5.41) is 15.2. The second-order valence-electron chi connectivity index (χ2n) is 5.73. The van der Waals surface area contributed by atoms with Crippen molar-refractivity contribution in [3.05, 3.63) is 75.9 Å². The highest BCUT2D eigenvalue weighted by molar-refractivity contribution is 7.19. The number of hydrogen-bond donors (Lipinski definition) is 1. The van der Waals surface area contributed by atoms with Crippen LogP contribution in [0.4, 0.5) is 17.2 Å². The third-order valence-electron chi connectivity index (χ3n) is 4.05. The number of non-ortho nitro benzene ring substituents is 1. The van der Waals surface area contributed by atoms with E-state index in [1.54, 1.807) is 23.5 Å². The number of benzene rings is 2. The van der Waals surface area contributed by atoms with Gasteiger partial charge in [-0.25, -0.2) is 9.97 Å². The average molecular weight is 362 g/mol. The van der Waals surface area contributed by atoms with Gasteiger partial charge in [0.05, 0.1) is 10.3 Å². The quantitative estimate of drug-likeness (QED) is 0.392. The number of nitro benzene ring substituents is 1. The smallest absolute Gasteiger partial charge is 0.271 e. The maximum Gasteiger partial charge on any atom is 0.271 e. The van der Waals surface area contributed by atoms with Crippen molar-refractivity contribution in [2.45, 2.75) is 6.92 Å². The molecule has 0 aliphatic carbocycles. The van der Waals surface area contributed by atoms with Crippen molar-refractivity contribution in [2.24, 2.45) is 0 Å². The maximum absolute atomic E-state index is 11.0. The van der Waals surface area contributed by atoms with Crippen LogP contribution in [0.3, 0.4) is 0 Å². The highest BCUT2D eigenvalue weighted by atomic mass is 32.1. The van der Waals surface area contributed by atoms with Crippen LogP contribution in [0, 0.1) is 17.0 Å². The van der Waals surface area contributed by atoms with Crippen molar-refractivity contribution in [1.29, 1.82) is 0 Å². The molecule has 0 amide bonds. The first-order chi connectivity index (χ1) is 12.6. The first-order valence-electron chi connectivity index (χ1n) is 7.94. The molecule has 0 saturated heterocycles. The van der Waals surface area contributed by atoms with Gasteiger partial charge in [-0.1, -0.05) is 36.4 Å². The fraction of sp³-hybridized carbons (Fsp3) is 0.0526. The molecule has 0 aliphatic heterocycles. The zero-order chi connectivity index (χ0) is 18.1. The van der Waals surface area contributed by atoms with E-state index in [0.29, 0.717) is 11.5 Å². The molecule has 0 aliphatic rings. The van der Waals surface area contributed by atoms with E-state index in [1.165, 1.54) is 18.5 Å². The molecule has 0 unspecified atom stereocenters. The molecule has 4 aromatic rings. The van der Waals surface area contributed by atoms with Crippen LogP contribution in [0.15, 0.2) is 60.9 Å². The zero-order valence-corrected chi connectivity index (χ0v) is 14.7. The molecule has 2 aromatic carbocycles. The van der Waals surface area contributed by atoms with Gasteiger partial charge in [-0.2, -0.15) is 0 Å². The lowest BCUT2D eigenvalue weighted by Gasteiger charge is -2.09. The van der Waals surface area contributed by atoms with Gasteiger partial charge in [0.15, 0.2) is 0 Å². The minimum Gasteiger partial charge on any atom is -0.339 e. The van der Waals surface area contributed by atoms with Crippen molar-refractivity contribution in [3.63, 3.8) is 0 Å². The molecule has 4 rings (SSSR count). The fourth-order valence-corrected chi connectivity index (χ4v) is 3.94. The number of rotatable bonds is 4. The van der Waals surface area contributed by atoms with Crippen LogP contribution in [0.1, 0.15) is 4.88 Å². The number of nitrogens with zero attached hydrogens (tertiary/aromatic N) is 3. The van der Waals surface area contributed by atoms with Crippen molar-refractivity contribution < 1.29 is 4.92 Å². The van der Waals surface area contributed by atoms with Crippen LogP contribution in [-0.2, 0) is 0 Å². The molecule has 6 nitrogen and oxygen atoms in total. The van der Waals surface area contributed by atoms with E-state index in [1.807, 2.05) is 18.2 Å². The number of aryl methyl sites for hydroxylation is 1. The van der Waals surface area contributed by atoms with Crippen molar-refractivity contribution >= 4 is 38.7 Å². The fourth-order valence-electron chi connectivity index (χ4n) is 2.93. The van der Waals surface area contributed by atoms with Crippen molar-refractivity contribution in [1.82, 2.24) is 9.97 Å². The number of hydrogen-bond acceptors (Lipinski definition) is 6. The molecule has 0 radical (unpaired) electrons. The van der Waals surface area contributed by atoms with Crippen LogP contribution >= 0.6 is 11.3 Å². The third-order valence-corrected chi connectivity index (χ3v) is 5.06. The van der Waals surface area contributed by atoms with Gasteiger partial charge >= 0.3 is 0 Å². The molecule has 0 saturated carbocycles. The molecular formula is C19H14N4O2S. The molecule has 1 N–H and O–H groups in total. The van der Waals surface area contributed by atoms with Gasteiger partial charge < -0.3 is 5.32 Å². The van der Waals surface area contributed by atoms with Gasteiger partial charge in [0, 0.05) is 28.3 Å². The summed E-state index contributed by atoms with van der Waals surface area (Å²) in [5.41, 5.74) is 2.82. The third kappa shape index (κ3) is 2.89. The van der Waals surface area contributed by atoms with Crippen molar-refractivity contribution in [3.8, 4) is 11.1 Å². The highest BCUT2D eigenvalue weighted by Gasteiger charge is 2.17. The average Bonchev–Trinajstić information content (AvgIpc) is 2.99. The number of nitrogens with one attached hydrogen (secondary N) is 1. The Kier molecular flexibility index (Phi) is 4.06. The molecular weight excluding hydrogens is 348 g/mol. The van der Waals surface area contributed by atoms with Crippen molar-refractivity contribution in [2.75, 3.05) is 5.32 Å². The van der Waals surface area contributed by atoms with E-state index >= 15 is 0 Å². The second kappa shape index (κ2) is 6.53. The summed E-state index contributed by atoms with van der Waals surface area (Å²) in [4.78, 5) is 21.4. The summed E-state index contributed by atoms with van der Waals surface area (Å²) in [7, 11) is 0. The van der Waals surface area contributed by atoms with Gasteiger partial charge in [-0.3, -0.25) is 10.1 Å². The molecule has 7 heteroatoms. The summed E-state index contributed by atoms with van der Waals surface area (Å²) in [6.45, 7) is 2.06. The lowest BCUT2D eigenvalue weighted by atomic mass is 10.0. The van der Waals surface area contributed by atoms with Crippen LogP contribution in [0.25, 0.3) is 21.3 Å². The summed E-state index contributed by atoms with van der Waals surface area (Å²) in [6.07, 6.45) is 1.51. The van der Waals surface area contributed by atoms with Gasteiger partial charge in [-0.05, 0) is 18.6 Å². The molecule has 0 atom stereocenters. The Labute approximate surface area is 153 Å². The zero-order valence-electron chi connectivity index (χ0n) is 13.8. The number of aromatic nitrogens is 2. The number of fused-ring (bicyclic) bond motifs is 1. The predicted octanol–water partition coefficient (Wildman–Crippen LogP) is 5.32. The Morgan fingerprint density at radius 2 is 1.88 bits per heavy atom. The topological polar surface area (TPSA) is 81.0 Å². The molecule has 128 valence electrons. The van der Waals surface area contributed by atoms with E-state index < -0.39 is 4.92 Å². The Balaban J connectivity index is 1.86. The SMILES string of the molecule is Cc1sc2ncnc(Nc3cccc([N+](=O)[O-])c3)c2c1-c1ccccc1. The first kappa shape index (κ1) is 16.2. The van der Waals surface area contributed by atoms with E-state index in [0.717, 1.165) is 26.2 Å². The van der Waals surface area contributed by atoms with Crippen LogP contribution in [-0.4, -0.2) is 14.9 Å². The Morgan fingerprint density at radius 3 is 2.65 bits per heavy atom. The van der Waals surface area contributed by atoms with Gasteiger partial charge in [-0.15, -0.1) is 11.3 Å². The Hall–Kier alpha value is -3.32. The van der Waals surface area contributed by atoms with Crippen LogP contribution in [0.2, 0.25) is 0 Å². The normalized spacial score (nSPS) is 10.8. The minimum absolute atomic E-state index is 0.0325. The van der Waals surface area contributed by atoms with Gasteiger partial charge in [0.25, 0.3) is 5.69 Å². The maximum atomic E-state index is 11.0. The number of anilines is 2. The van der Waals surface area contributed by atoms with E-state index in [4.69, 9.17) is 0 Å². The Morgan fingerprint density at radius 1 is 1.08 bits per heavy atom. The van der Waals surface area contributed by atoms with E-state index in [-0.39, 0.29) is 5.69 Å². The first-order valence-corrected chi connectivity index (χ1v) is 8.76. The molecule has 0 bridgehead atoms. The van der Waals surface area contributed by atoms with Gasteiger partial charge in [0.2, 0.25) is 0 Å². The van der Waals surface area contributed by atoms with E-state index in [9.17, 15) is 10.1 Å². The lowest BCUT2D eigenvalue weighted by molar-refractivity contribution is -0.384. The summed E-state index contributed by atoms with van der Waals surface area (Å²) < 4.78 is 0. The highest BCUT2D eigenvalue weighted by Crippen LogP contribution is 2.40. The number of nitro groups is 1. The molecule has 26 heavy (non-hydrogen) atoms. The largest absolute Gasteiger partial charge is 0.339 e. The predicted molar refractivity (Wildman–Crippen MR) is 104 cm³/mol. The molecule has 0 fully saturated rings. The standard InChI is InChI=1S/C19H14N4O2S/c1-12-16(13-6-3-2-4-7-13)17-18(20-11-21-19(17)26-12)22-14-8-5-9-15(10-14)23(24)25/h2-11H,1H3,(H,20,21,22).